The summed E-state index contributed by atoms with van der Waals surface area (Å²) in [4.78, 5) is 21.1. The van der Waals surface area contributed by atoms with E-state index in [4.69, 9.17) is 19.9 Å². The first-order valence-electron chi connectivity index (χ1n) is 23.8. The molecule has 0 fully saturated rings. The third kappa shape index (κ3) is 9.00. The molecule has 0 saturated carbocycles. The van der Waals surface area contributed by atoms with E-state index in [0.29, 0.717) is 33.9 Å². The van der Waals surface area contributed by atoms with Crippen molar-refractivity contribution in [1.82, 2.24) is 24.5 Å². The van der Waals surface area contributed by atoms with Crippen LogP contribution < -0.4 is 0 Å². The Balaban J connectivity index is 1.30. The molecule has 1 N–H and O–H groups in total. The Morgan fingerprint density at radius 2 is 0.941 bits per heavy atom. The van der Waals surface area contributed by atoms with Crippen molar-refractivity contribution in [3.05, 3.63) is 180 Å². The highest BCUT2D eigenvalue weighted by Gasteiger charge is 2.31. The van der Waals surface area contributed by atoms with Crippen molar-refractivity contribution in [2.45, 2.75) is 105 Å². The lowest BCUT2D eigenvalue weighted by atomic mass is 9.79. The Labute approximate surface area is 402 Å². The second kappa shape index (κ2) is 17.2. The minimum Gasteiger partial charge on any atom is -0.507 e. The van der Waals surface area contributed by atoms with Crippen LogP contribution in [0.5, 0.6) is 5.75 Å². The maximum absolute atomic E-state index is 12.5. The fraction of sp³-hybridized carbons (Fsp3) is 0.258. The van der Waals surface area contributed by atoms with Crippen LogP contribution in [0, 0.1) is 0 Å². The van der Waals surface area contributed by atoms with Crippen molar-refractivity contribution < 1.29 is 5.11 Å². The van der Waals surface area contributed by atoms with Gasteiger partial charge in [0.1, 0.15) is 23.3 Å². The molecule has 68 heavy (non-hydrogen) atoms. The number of imidazole rings is 1. The molecule has 0 aliphatic carbocycles. The van der Waals surface area contributed by atoms with Gasteiger partial charge in [0.2, 0.25) is 0 Å². The van der Waals surface area contributed by atoms with E-state index in [0.717, 1.165) is 55.9 Å². The molecule has 6 nitrogen and oxygen atoms in total. The Morgan fingerprint density at radius 3 is 1.56 bits per heavy atom. The van der Waals surface area contributed by atoms with E-state index in [1.807, 2.05) is 12.1 Å². The Kier molecular flexibility index (Phi) is 11.6. The highest BCUT2D eigenvalue weighted by atomic mass is 16.3. The summed E-state index contributed by atoms with van der Waals surface area (Å²) in [6.07, 6.45) is 1.63. The summed E-state index contributed by atoms with van der Waals surface area (Å²) in [6.45, 7) is 26.5. The van der Waals surface area contributed by atoms with Gasteiger partial charge in [-0.2, -0.15) is 0 Å². The predicted octanol–water partition coefficient (Wildman–Crippen LogP) is 16.1. The molecule has 3 heterocycles. The summed E-state index contributed by atoms with van der Waals surface area (Å²) in [5, 5.41) is 12.5. The number of pyridine rings is 1. The van der Waals surface area contributed by atoms with E-state index in [2.05, 4.69) is 227 Å². The van der Waals surface area contributed by atoms with Crippen LogP contribution in [0.2, 0.25) is 0 Å². The van der Waals surface area contributed by atoms with Crippen LogP contribution in [0.4, 0.5) is 0 Å². The summed E-state index contributed by atoms with van der Waals surface area (Å²) in [5.41, 5.74) is 16.0. The zero-order chi connectivity index (χ0) is 48.3. The second-order valence-corrected chi connectivity index (χ2v) is 22.3. The quantitative estimate of drug-likeness (QED) is 0.172. The highest BCUT2D eigenvalue weighted by Crippen LogP contribution is 2.45. The molecule has 0 aliphatic rings. The molecule has 0 spiro atoms. The molecule has 6 aromatic carbocycles. The highest BCUT2D eigenvalue weighted by molar-refractivity contribution is 5.93. The van der Waals surface area contributed by atoms with E-state index < -0.39 is 0 Å². The van der Waals surface area contributed by atoms with E-state index in [1.165, 1.54) is 16.7 Å². The number of aromatic hydroxyl groups is 1. The Hall–Kier alpha value is -7.18. The minimum absolute atomic E-state index is 0.105. The monoisotopic (exact) mass is 894 g/mol. The fourth-order valence-electron chi connectivity index (χ4n) is 8.92. The van der Waals surface area contributed by atoms with Crippen molar-refractivity contribution in [1.29, 1.82) is 0 Å². The zero-order valence-electron chi connectivity index (χ0n) is 41.7. The zero-order valence-corrected chi connectivity index (χ0v) is 41.7. The third-order valence-electron chi connectivity index (χ3n) is 13.1. The average molecular weight is 894 g/mol. The van der Waals surface area contributed by atoms with E-state index in [-0.39, 0.29) is 27.4 Å². The third-order valence-corrected chi connectivity index (χ3v) is 13.1. The number of phenolic OH excluding ortho intramolecular Hbond substituents is 1. The molecule has 0 unspecified atom stereocenters. The molecule has 9 rings (SSSR count). The van der Waals surface area contributed by atoms with Gasteiger partial charge in [0.05, 0.1) is 22.6 Å². The molecule has 0 aliphatic heterocycles. The number of phenols is 1. The number of benzene rings is 6. The van der Waals surface area contributed by atoms with Gasteiger partial charge in [0, 0.05) is 16.7 Å². The number of fused-ring (bicyclic) bond motifs is 1. The van der Waals surface area contributed by atoms with Crippen molar-refractivity contribution in [3.8, 4) is 78.9 Å². The number of hydrogen-bond acceptors (Lipinski definition) is 5. The van der Waals surface area contributed by atoms with Gasteiger partial charge in [0.25, 0.3) is 0 Å². The second-order valence-electron chi connectivity index (χ2n) is 22.3. The van der Waals surface area contributed by atoms with Crippen LogP contribution in [0.15, 0.2) is 158 Å². The molecule has 0 bridgehead atoms. The van der Waals surface area contributed by atoms with Gasteiger partial charge in [0.15, 0.2) is 11.5 Å². The maximum Gasteiger partial charge on any atom is 0.169 e. The molecule has 6 heteroatoms. The van der Waals surface area contributed by atoms with Crippen LogP contribution in [0.1, 0.15) is 105 Å². The molecule has 0 amide bonds. The van der Waals surface area contributed by atoms with Crippen molar-refractivity contribution >= 4 is 11.2 Å². The predicted molar refractivity (Wildman–Crippen MR) is 284 cm³/mol. The lowest BCUT2D eigenvalue weighted by Gasteiger charge is -2.28. The minimum atomic E-state index is -0.359. The first kappa shape index (κ1) is 46.0. The van der Waals surface area contributed by atoms with Gasteiger partial charge in [-0.25, -0.2) is 19.9 Å². The lowest BCUT2D eigenvalue weighted by molar-refractivity contribution is 0.446. The van der Waals surface area contributed by atoms with Gasteiger partial charge in [-0.05, 0) is 103 Å². The van der Waals surface area contributed by atoms with Gasteiger partial charge < -0.3 is 5.11 Å². The van der Waals surface area contributed by atoms with Crippen LogP contribution in [0.25, 0.3) is 84.3 Å². The number of hydrogen-bond donors (Lipinski definition) is 1. The number of aromatic nitrogens is 5. The van der Waals surface area contributed by atoms with Crippen LogP contribution in [0.3, 0.4) is 0 Å². The normalized spacial score (nSPS) is 12.5. The van der Waals surface area contributed by atoms with Gasteiger partial charge in [-0.1, -0.05) is 198 Å². The lowest BCUT2D eigenvalue weighted by Crippen LogP contribution is -2.17. The first-order valence-corrected chi connectivity index (χ1v) is 23.8. The molecule has 0 radical (unpaired) electrons. The summed E-state index contributed by atoms with van der Waals surface area (Å²) >= 11 is 0. The summed E-state index contributed by atoms with van der Waals surface area (Å²) in [5.74, 6) is 0.781. The van der Waals surface area contributed by atoms with E-state index >= 15 is 0 Å². The van der Waals surface area contributed by atoms with Crippen LogP contribution in [-0.2, 0) is 21.7 Å². The smallest absolute Gasteiger partial charge is 0.169 e. The van der Waals surface area contributed by atoms with E-state index in [9.17, 15) is 5.11 Å². The molecule has 3 aromatic heterocycles. The van der Waals surface area contributed by atoms with Gasteiger partial charge >= 0.3 is 0 Å². The number of nitrogens with zero attached hydrogens (tertiary/aromatic N) is 5. The Bertz CT molecular complexity index is 3300. The maximum atomic E-state index is 12.5. The number of rotatable bonds is 7. The average Bonchev–Trinajstić information content (AvgIpc) is 3.70. The molecule has 9 aromatic rings. The summed E-state index contributed by atoms with van der Waals surface area (Å²) < 4.78 is 2.13. The molecule has 0 saturated heterocycles. The van der Waals surface area contributed by atoms with Gasteiger partial charge in [-0.15, -0.1) is 0 Å². The standard InChI is InChI=1S/C62H63N5O/c1-59(2,3)45-30-31-53(48(33-45)42-22-17-14-18-23-42)67-57(49-34-46(60(4,5)6)35-50(56(49)68)62(10,11)12)66-55-54(63-38-64-58(55)67)52-37-47(61(7,8)9)36-51(65-52)44-25-19-24-43(32-44)41-28-26-40(27-29-41)39-20-15-13-16-21-39/h13-38,68H,1-12H3. The van der Waals surface area contributed by atoms with Crippen LogP contribution >= 0.6 is 0 Å². The molecular formula is C62H63N5O. The topological polar surface area (TPSA) is 76.7 Å². The van der Waals surface area contributed by atoms with Crippen molar-refractivity contribution in [3.63, 3.8) is 0 Å². The van der Waals surface area contributed by atoms with Crippen molar-refractivity contribution in [2.75, 3.05) is 0 Å². The fourth-order valence-corrected chi connectivity index (χ4v) is 8.92. The largest absolute Gasteiger partial charge is 0.507 e. The summed E-state index contributed by atoms with van der Waals surface area (Å²) in [7, 11) is 0. The first-order chi connectivity index (χ1) is 32.1. The molecule has 0 atom stereocenters. The van der Waals surface area contributed by atoms with Gasteiger partial charge in [-0.3, -0.25) is 4.57 Å². The Morgan fingerprint density at radius 1 is 0.412 bits per heavy atom. The summed E-state index contributed by atoms with van der Waals surface area (Å²) in [6, 6.07) is 53.7. The van der Waals surface area contributed by atoms with Crippen molar-refractivity contribution in [2.24, 2.45) is 0 Å². The SMILES string of the molecule is CC(C)(C)c1cc(-c2cccc(-c3ccc(-c4ccccc4)cc3)c2)nc(-c2ncnc3c2nc(-c2cc(C(C)(C)C)cc(C(C)(C)C)c2O)n3-c2ccc(C(C)(C)C)cc2-c2ccccc2)c1. The van der Waals surface area contributed by atoms with Crippen LogP contribution in [-0.4, -0.2) is 29.6 Å². The van der Waals surface area contributed by atoms with E-state index in [1.54, 1.807) is 6.33 Å². The molecular weight excluding hydrogens is 831 g/mol. The molecule has 342 valence electrons.